The summed E-state index contributed by atoms with van der Waals surface area (Å²) < 4.78 is 0. The summed E-state index contributed by atoms with van der Waals surface area (Å²) in [5, 5.41) is 12.4. The Hall–Kier alpha value is -1.03. The van der Waals surface area contributed by atoms with Gasteiger partial charge in [0.15, 0.2) is 17.3 Å². The van der Waals surface area contributed by atoms with Gasteiger partial charge in [-0.1, -0.05) is 102 Å². The van der Waals surface area contributed by atoms with Gasteiger partial charge in [-0.15, -0.1) is 0 Å². The molecule has 2 bridgehead atoms. The Morgan fingerprint density at radius 3 is 1.79 bits per heavy atom. The monoisotopic (exact) mass is 546 g/mol. The molecule has 2 rings (SSSR count). The van der Waals surface area contributed by atoms with Crippen molar-refractivity contribution in [3.63, 3.8) is 0 Å². The fourth-order valence-electron chi connectivity index (χ4n) is 8.09. The van der Waals surface area contributed by atoms with Gasteiger partial charge in [0, 0.05) is 11.8 Å². The van der Waals surface area contributed by atoms with Crippen LogP contribution in [0.15, 0.2) is 0 Å². The number of hydrogen-bond acceptors (Lipinski definition) is 4. The van der Waals surface area contributed by atoms with Gasteiger partial charge in [0.25, 0.3) is 0 Å². The van der Waals surface area contributed by atoms with Gasteiger partial charge in [0.05, 0.1) is 11.5 Å². The summed E-state index contributed by atoms with van der Waals surface area (Å²) in [6, 6.07) is 0. The average Bonchev–Trinajstić information content (AvgIpc) is 2.81. The summed E-state index contributed by atoms with van der Waals surface area (Å²) in [5.74, 6) is 0.334. The van der Waals surface area contributed by atoms with Crippen LogP contribution >= 0.6 is 0 Å². The Kier molecular flexibility index (Phi) is 11.7. The van der Waals surface area contributed by atoms with Gasteiger partial charge in [-0.2, -0.15) is 0 Å². The van der Waals surface area contributed by atoms with Crippen LogP contribution < -0.4 is 0 Å². The van der Waals surface area contributed by atoms with Crippen LogP contribution in [0.3, 0.4) is 0 Å². The first kappa shape index (κ1) is 34.2. The topological polar surface area (TPSA) is 71.4 Å². The maximum Gasteiger partial charge on any atom is 0.163 e. The lowest BCUT2D eigenvalue weighted by atomic mass is 9.35. The van der Waals surface area contributed by atoms with E-state index in [1.807, 2.05) is 13.8 Å². The van der Waals surface area contributed by atoms with Crippen molar-refractivity contribution in [2.24, 2.45) is 57.7 Å². The van der Waals surface area contributed by atoms with E-state index in [2.05, 4.69) is 62.3 Å². The molecule has 0 spiro atoms. The molecule has 0 radical (unpaired) electrons. The van der Waals surface area contributed by atoms with Crippen molar-refractivity contribution >= 4 is 17.3 Å². The molecule has 2 aliphatic carbocycles. The zero-order valence-corrected chi connectivity index (χ0v) is 27.4. The molecule has 0 heterocycles. The van der Waals surface area contributed by atoms with Gasteiger partial charge in [-0.05, 0) is 73.5 Å². The molecular weight excluding hydrogens is 484 g/mol. The highest BCUT2D eigenvalue weighted by atomic mass is 16.3. The van der Waals surface area contributed by atoms with E-state index in [0.29, 0.717) is 42.9 Å². The third-order valence-corrected chi connectivity index (χ3v) is 10.5. The van der Waals surface area contributed by atoms with Crippen molar-refractivity contribution in [2.45, 2.75) is 146 Å². The van der Waals surface area contributed by atoms with Crippen LogP contribution in [-0.4, -0.2) is 28.6 Å². The Balaban J connectivity index is 2.89. The van der Waals surface area contributed by atoms with Crippen molar-refractivity contribution in [2.75, 3.05) is 0 Å². The molecule has 226 valence electrons. The van der Waals surface area contributed by atoms with Crippen molar-refractivity contribution in [1.82, 2.24) is 0 Å². The molecule has 0 aromatic carbocycles. The van der Waals surface area contributed by atoms with E-state index in [9.17, 15) is 14.7 Å². The lowest BCUT2D eigenvalue weighted by Crippen LogP contribution is -2.76. The van der Waals surface area contributed by atoms with Crippen molar-refractivity contribution in [3.05, 3.63) is 0 Å². The maximum atomic E-state index is 15.1. The van der Waals surface area contributed by atoms with Crippen LogP contribution in [0.2, 0.25) is 0 Å². The Morgan fingerprint density at radius 1 is 0.795 bits per heavy atom. The van der Waals surface area contributed by atoms with Crippen molar-refractivity contribution < 1.29 is 19.5 Å². The highest BCUT2D eigenvalue weighted by molar-refractivity contribution is 6.22. The molecule has 1 N–H and O–H groups in total. The molecule has 0 aliphatic heterocycles. The number of aliphatic hydroxyl groups excluding tert-OH is 1. The molecule has 2 unspecified atom stereocenters. The molecule has 0 aromatic heterocycles. The molecule has 2 fully saturated rings. The first-order chi connectivity index (χ1) is 18.0. The van der Waals surface area contributed by atoms with E-state index in [1.165, 1.54) is 0 Å². The minimum absolute atomic E-state index is 0.0456. The third-order valence-electron chi connectivity index (χ3n) is 10.5. The Morgan fingerprint density at radius 2 is 1.31 bits per heavy atom. The number of aliphatic hydroxyl groups is 1. The van der Waals surface area contributed by atoms with E-state index < -0.39 is 34.2 Å². The molecule has 39 heavy (non-hydrogen) atoms. The highest BCUT2D eigenvalue weighted by Gasteiger charge is 2.77. The summed E-state index contributed by atoms with van der Waals surface area (Å²) in [5.41, 5.74) is -3.35. The fourth-order valence-corrected chi connectivity index (χ4v) is 8.09. The molecule has 0 amide bonds. The van der Waals surface area contributed by atoms with E-state index in [0.717, 1.165) is 44.9 Å². The first-order valence-corrected chi connectivity index (χ1v) is 16.3. The second-order valence-corrected chi connectivity index (χ2v) is 15.6. The first-order valence-electron chi connectivity index (χ1n) is 16.3. The molecule has 2 saturated carbocycles. The third kappa shape index (κ3) is 6.41. The van der Waals surface area contributed by atoms with Crippen LogP contribution in [0.25, 0.3) is 0 Å². The van der Waals surface area contributed by atoms with E-state index in [-0.39, 0.29) is 23.3 Å². The van der Waals surface area contributed by atoms with Crippen LogP contribution in [0.4, 0.5) is 0 Å². The summed E-state index contributed by atoms with van der Waals surface area (Å²) in [6.07, 6.45) is 6.47. The maximum absolute atomic E-state index is 15.1. The Labute approximate surface area is 240 Å². The van der Waals surface area contributed by atoms with Gasteiger partial charge in [0.1, 0.15) is 5.41 Å². The van der Waals surface area contributed by atoms with Gasteiger partial charge in [-0.25, -0.2) is 0 Å². The minimum atomic E-state index is -1.52. The average molecular weight is 547 g/mol. The number of carbonyl (C=O) groups excluding carboxylic acids is 3. The quantitative estimate of drug-likeness (QED) is 0.209. The summed E-state index contributed by atoms with van der Waals surface area (Å²) >= 11 is 0. The fraction of sp³-hybridized carbons (Fsp3) is 0.914. The molecule has 4 nitrogen and oxygen atoms in total. The van der Waals surface area contributed by atoms with Gasteiger partial charge in [-0.3, -0.25) is 14.4 Å². The molecule has 0 saturated heterocycles. The number of rotatable bonds is 15. The van der Waals surface area contributed by atoms with E-state index in [4.69, 9.17) is 0 Å². The highest BCUT2D eigenvalue weighted by Crippen LogP contribution is 2.68. The van der Waals surface area contributed by atoms with Crippen LogP contribution in [0, 0.1) is 57.7 Å². The normalized spacial score (nSPS) is 33.3. The summed E-state index contributed by atoms with van der Waals surface area (Å²) in [7, 11) is 0. The van der Waals surface area contributed by atoms with Crippen LogP contribution in [0.1, 0.15) is 140 Å². The second-order valence-electron chi connectivity index (χ2n) is 15.6. The van der Waals surface area contributed by atoms with Crippen molar-refractivity contribution in [1.29, 1.82) is 0 Å². The second kappa shape index (κ2) is 13.3. The smallest absolute Gasteiger partial charge is 0.163 e. The van der Waals surface area contributed by atoms with E-state index in [1.54, 1.807) is 0 Å². The SMILES string of the molecule is CC(C)CCC[C@@]1(C)[C@H](CCC(C)C)C[C@@]2(CCC(C)C)C(=O)C(CCC(C)C)C(O)[C@]1(C(=O)C(C)C)C2=O. The zero-order valence-electron chi connectivity index (χ0n) is 27.4. The Bertz CT molecular complexity index is 855. The molecule has 6 atom stereocenters. The van der Waals surface area contributed by atoms with Gasteiger partial charge >= 0.3 is 0 Å². The molecular formula is C35H62O4. The van der Waals surface area contributed by atoms with Crippen molar-refractivity contribution in [3.8, 4) is 0 Å². The molecule has 4 heteroatoms. The predicted molar refractivity (Wildman–Crippen MR) is 161 cm³/mol. The summed E-state index contributed by atoms with van der Waals surface area (Å²) in [4.78, 5) is 44.3. The largest absolute Gasteiger partial charge is 0.391 e. The minimum Gasteiger partial charge on any atom is -0.391 e. The standard InChI is InChI=1S/C35H62O4/c1-22(2)13-12-19-33(11)27(16-14-23(3)4)21-34(20-18-25(7)8)30(37)28(17-15-24(5)6)31(38)35(33,32(34)39)29(36)26(9)10/h22-28,31,38H,12-21H2,1-11H3/t27-,28?,31?,33+,34+,35-/m1/s1. The van der Waals surface area contributed by atoms with Crippen LogP contribution in [0.5, 0.6) is 0 Å². The van der Waals surface area contributed by atoms with Crippen LogP contribution in [-0.2, 0) is 14.4 Å². The zero-order chi connectivity index (χ0) is 29.9. The lowest BCUT2D eigenvalue weighted by Gasteiger charge is -2.65. The number of ketones is 3. The number of Topliss-reactive ketones (excluding diaryl/α,β-unsaturated/α-hetero) is 3. The summed E-state index contributed by atoms with van der Waals surface area (Å²) in [6.45, 7) is 23.3. The number of hydrogen-bond donors (Lipinski definition) is 1. The number of fused-ring (bicyclic) bond motifs is 2. The lowest BCUT2D eigenvalue weighted by molar-refractivity contribution is -0.212. The number of carbonyl (C=O) groups is 3. The molecule has 0 aromatic rings. The van der Waals surface area contributed by atoms with Gasteiger partial charge in [0.2, 0.25) is 0 Å². The molecule has 2 aliphatic rings. The van der Waals surface area contributed by atoms with E-state index >= 15 is 4.79 Å². The van der Waals surface area contributed by atoms with Gasteiger partial charge < -0.3 is 5.11 Å². The predicted octanol–water partition coefficient (Wildman–Crippen LogP) is 8.47.